The van der Waals surface area contributed by atoms with Crippen LogP contribution in [0.4, 0.5) is 11.4 Å². The summed E-state index contributed by atoms with van der Waals surface area (Å²) in [6.45, 7) is 13.7. The molecular weight excluding hydrogens is 825 g/mol. The molecule has 0 bridgehead atoms. The summed E-state index contributed by atoms with van der Waals surface area (Å²) in [6.07, 6.45) is 3.87. The molecule has 0 saturated carbocycles. The lowest BCUT2D eigenvalue weighted by molar-refractivity contribution is -0.0116. The number of hydrogen-bond donors (Lipinski definition) is 0. The fourth-order valence-corrected chi connectivity index (χ4v) is 6.89. The molecule has 7 rings (SSSR count). The number of ether oxygens (including phenoxy) is 10. The highest BCUT2D eigenvalue weighted by Crippen LogP contribution is 2.25. The molecule has 346 valence electrons. The van der Waals surface area contributed by atoms with E-state index >= 15 is 0 Å². The molecule has 3 aromatic carbocycles. The first-order valence-electron chi connectivity index (χ1n) is 22.2. The first kappa shape index (κ1) is 47.1. The average molecular weight is 887 g/mol. The van der Waals surface area contributed by atoms with Gasteiger partial charge in [-0.15, -0.1) is 10.2 Å². The SMILES string of the molecule is c1cc(-c2cn(-c3ccc(N4CCOCCOCCOCCOCCOCC4)cc3)nn2)ccc1-c1cn(-c2ccc(N3CCOCCOCCOCCOCCOCC3)cc2)nn1. The smallest absolute Gasteiger partial charge is 0.113 e. The first-order valence-corrected chi connectivity index (χ1v) is 22.2. The summed E-state index contributed by atoms with van der Waals surface area (Å²) < 4.78 is 60.4. The lowest BCUT2D eigenvalue weighted by Gasteiger charge is -2.25. The van der Waals surface area contributed by atoms with E-state index in [1.165, 1.54) is 0 Å². The van der Waals surface area contributed by atoms with Gasteiger partial charge in [-0.1, -0.05) is 34.7 Å². The predicted octanol–water partition coefficient (Wildman–Crippen LogP) is 3.99. The third-order valence-corrected chi connectivity index (χ3v) is 10.4. The van der Waals surface area contributed by atoms with E-state index in [2.05, 4.69) is 54.7 Å². The molecule has 18 heteroatoms. The second-order valence-corrected chi connectivity index (χ2v) is 14.8. The van der Waals surface area contributed by atoms with Crippen LogP contribution in [0.2, 0.25) is 0 Å². The van der Waals surface area contributed by atoms with Crippen LogP contribution < -0.4 is 9.80 Å². The molecule has 0 unspecified atom stereocenters. The zero-order chi connectivity index (χ0) is 43.7. The van der Waals surface area contributed by atoms with Crippen molar-refractivity contribution in [3.8, 4) is 33.9 Å². The molecule has 0 radical (unpaired) electrons. The van der Waals surface area contributed by atoms with Crippen LogP contribution in [0.25, 0.3) is 33.9 Å². The van der Waals surface area contributed by atoms with Gasteiger partial charge in [0.15, 0.2) is 0 Å². The molecule has 64 heavy (non-hydrogen) atoms. The van der Waals surface area contributed by atoms with Crippen LogP contribution in [0.15, 0.2) is 85.2 Å². The topological polar surface area (TPSA) is 160 Å². The normalized spacial score (nSPS) is 18.9. The van der Waals surface area contributed by atoms with Crippen LogP contribution in [-0.2, 0) is 47.4 Å². The van der Waals surface area contributed by atoms with E-state index < -0.39 is 0 Å². The third-order valence-electron chi connectivity index (χ3n) is 10.4. The molecule has 0 spiro atoms. The fraction of sp³-hybridized carbons (Fsp3) is 0.522. The second-order valence-electron chi connectivity index (χ2n) is 14.8. The van der Waals surface area contributed by atoms with E-state index in [9.17, 15) is 0 Å². The van der Waals surface area contributed by atoms with Crippen molar-refractivity contribution < 1.29 is 47.4 Å². The van der Waals surface area contributed by atoms with Gasteiger partial charge in [-0.05, 0) is 48.5 Å². The van der Waals surface area contributed by atoms with Crippen LogP contribution in [-0.4, -0.2) is 188 Å². The van der Waals surface area contributed by atoms with Crippen LogP contribution in [0.1, 0.15) is 0 Å². The summed E-state index contributed by atoms with van der Waals surface area (Å²) >= 11 is 0. The summed E-state index contributed by atoms with van der Waals surface area (Å²) in [5.74, 6) is 0. The molecule has 2 aromatic heterocycles. The van der Waals surface area contributed by atoms with Gasteiger partial charge < -0.3 is 57.2 Å². The zero-order valence-electron chi connectivity index (χ0n) is 36.7. The Hall–Kier alpha value is -4.86. The second kappa shape index (κ2) is 27.5. The summed E-state index contributed by atoms with van der Waals surface area (Å²) in [5.41, 5.74) is 7.36. The molecule has 0 N–H and O–H groups in total. The molecule has 5 aromatic rings. The van der Waals surface area contributed by atoms with Gasteiger partial charge in [-0.25, -0.2) is 9.36 Å². The van der Waals surface area contributed by atoms with Gasteiger partial charge in [0.05, 0.1) is 156 Å². The molecule has 2 saturated heterocycles. The number of anilines is 2. The highest BCUT2D eigenvalue weighted by molar-refractivity contribution is 5.66. The lowest BCUT2D eigenvalue weighted by atomic mass is 10.1. The zero-order valence-corrected chi connectivity index (χ0v) is 36.7. The van der Waals surface area contributed by atoms with E-state index in [1.807, 2.05) is 60.9 Å². The minimum atomic E-state index is 0.529. The summed E-state index contributed by atoms with van der Waals surface area (Å²) in [6, 6.07) is 24.6. The van der Waals surface area contributed by atoms with Crippen molar-refractivity contribution in [2.45, 2.75) is 0 Å². The Morgan fingerprint density at radius 2 is 0.516 bits per heavy atom. The van der Waals surface area contributed by atoms with Gasteiger partial charge in [0.25, 0.3) is 0 Å². The Morgan fingerprint density at radius 3 is 0.781 bits per heavy atom. The third kappa shape index (κ3) is 15.7. The first-order chi connectivity index (χ1) is 31.8. The van der Waals surface area contributed by atoms with Crippen molar-refractivity contribution in [1.82, 2.24) is 30.0 Å². The maximum Gasteiger partial charge on any atom is 0.113 e. The highest BCUT2D eigenvalue weighted by Gasteiger charge is 2.13. The number of rotatable bonds is 6. The Bertz CT molecular complexity index is 1820. The molecule has 4 heterocycles. The largest absolute Gasteiger partial charge is 0.377 e. The minimum Gasteiger partial charge on any atom is -0.377 e. The van der Waals surface area contributed by atoms with E-state index in [-0.39, 0.29) is 0 Å². The van der Waals surface area contributed by atoms with Crippen LogP contribution in [0.3, 0.4) is 0 Å². The van der Waals surface area contributed by atoms with Crippen molar-refractivity contribution in [3.05, 3.63) is 85.2 Å². The summed E-state index contributed by atoms with van der Waals surface area (Å²) in [7, 11) is 0. The molecule has 0 amide bonds. The Kier molecular flexibility index (Phi) is 20.2. The van der Waals surface area contributed by atoms with Gasteiger partial charge >= 0.3 is 0 Å². The van der Waals surface area contributed by atoms with E-state index in [0.29, 0.717) is 158 Å². The van der Waals surface area contributed by atoms with Gasteiger partial charge in [-0.3, -0.25) is 0 Å². The van der Waals surface area contributed by atoms with Crippen molar-refractivity contribution in [1.29, 1.82) is 0 Å². The van der Waals surface area contributed by atoms with Gasteiger partial charge in [-0.2, -0.15) is 0 Å². The molecular formula is C46H62N8O10. The molecule has 2 aliphatic rings. The number of aromatic nitrogens is 6. The van der Waals surface area contributed by atoms with Crippen LogP contribution in [0, 0.1) is 0 Å². The summed E-state index contributed by atoms with van der Waals surface area (Å²) in [4.78, 5) is 4.52. The predicted molar refractivity (Wildman–Crippen MR) is 240 cm³/mol. The van der Waals surface area contributed by atoms with Crippen molar-refractivity contribution in [2.24, 2.45) is 0 Å². The van der Waals surface area contributed by atoms with E-state index in [1.54, 1.807) is 9.36 Å². The highest BCUT2D eigenvalue weighted by atomic mass is 16.6. The summed E-state index contributed by atoms with van der Waals surface area (Å²) in [5, 5.41) is 17.8. The maximum atomic E-state index is 5.86. The Morgan fingerprint density at radius 1 is 0.281 bits per heavy atom. The van der Waals surface area contributed by atoms with Gasteiger partial charge in [0.1, 0.15) is 11.4 Å². The average Bonchev–Trinajstić information content (AvgIpc) is 4.04. The molecule has 0 atom stereocenters. The number of hydrogen-bond acceptors (Lipinski definition) is 16. The van der Waals surface area contributed by atoms with Gasteiger partial charge in [0.2, 0.25) is 0 Å². The monoisotopic (exact) mass is 886 g/mol. The van der Waals surface area contributed by atoms with E-state index in [4.69, 9.17) is 47.4 Å². The van der Waals surface area contributed by atoms with Crippen molar-refractivity contribution in [2.75, 3.05) is 168 Å². The Labute approximate surface area is 375 Å². The fourth-order valence-electron chi connectivity index (χ4n) is 6.89. The van der Waals surface area contributed by atoms with Crippen LogP contribution in [0.5, 0.6) is 0 Å². The number of benzene rings is 3. The minimum absolute atomic E-state index is 0.529. The lowest BCUT2D eigenvalue weighted by Crippen LogP contribution is -2.31. The van der Waals surface area contributed by atoms with Gasteiger partial charge in [0, 0.05) is 48.7 Å². The Balaban J connectivity index is 0.917. The van der Waals surface area contributed by atoms with Crippen molar-refractivity contribution in [3.63, 3.8) is 0 Å². The van der Waals surface area contributed by atoms with Crippen molar-refractivity contribution >= 4 is 11.4 Å². The molecule has 18 nitrogen and oxygen atoms in total. The van der Waals surface area contributed by atoms with Crippen LogP contribution >= 0.6 is 0 Å². The molecule has 0 aliphatic carbocycles. The maximum absolute atomic E-state index is 5.86. The quantitative estimate of drug-likeness (QED) is 0.241. The molecule has 2 aliphatic heterocycles. The number of nitrogens with zero attached hydrogens (tertiary/aromatic N) is 8. The van der Waals surface area contributed by atoms with E-state index in [0.717, 1.165) is 45.3 Å². The molecule has 2 fully saturated rings. The standard InChI is InChI=1S/C46H62N8O10/c1-2-40(46-38-54(50-48-46)44-11-7-42(8-12-44)52-15-19-57-23-27-61-31-35-64-36-32-62-28-24-58-20-16-52)4-3-39(1)45-37-53(49-47-45)43-9-5-41(6-10-43)51-13-17-55-21-25-59-29-33-63-34-30-60-26-22-56-18-14-51/h1-12,37-38H,13-36H2.